The Hall–Kier alpha value is -0.980. The van der Waals surface area contributed by atoms with E-state index in [1.165, 1.54) is 0 Å². The molecule has 0 atom stereocenters. The van der Waals surface area contributed by atoms with Crippen molar-refractivity contribution in [3.63, 3.8) is 0 Å². The molecule has 14 heavy (non-hydrogen) atoms. The van der Waals surface area contributed by atoms with Gasteiger partial charge in [0.1, 0.15) is 0 Å². The van der Waals surface area contributed by atoms with Gasteiger partial charge >= 0.3 is 12.5 Å². The molecule has 0 spiro atoms. The van der Waals surface area contributed by atoms with E-state index < -0.39 is 12.5 Å². The van der Waals surface area contributed by atoms with Crippen molar-refractivity contribution in [3.05, 3.63) is 16.4 Å². The van der Waals surface area contributed by atoms with E-state index in [9.17, 15) is 13.6 Å². The zero-order chi connectivity index (χ0) is 10.7. The number of aromatic nitrogens is 2. The Labute approximate surface area is 87.0 Å². The van der Waals surface area contributed by atoms with Crippen LogP contribution in [0.15, 0.2) is 10.7 Å². The van der Waals surface area contributed by atoms with E-state index in [0.717, 1.165) is 6.20 Å². The summed E-state index contributed by atoms with van der Waals surface area (Å²) in [4.78, 5) is 11.1. The summed E-state index contributed by atoms with van der Waals surface area (Å²) in [6.07, 6.45) is 1.02. The van der Waals surface area contributed by atoms with Crippen molar-refractivity contribution in [3.8, 4) is 0 Å². The third-order valence-electron chi connectivity index (χ3n) is 1.36. The van der Waals surface area contributed by atoms with Gasteiger partial charge in [0.25, 0.3) is 0 Å². The molecule has 1 aromatic heterocycles. The van der Waals surface area contributed by atoms with E-state index in [4.69, 9.17) is 0 Å². The number of alkyl halides is 2. The van der Waals surface area contributed by atoms with E-state index in [0.29, 0.717) is 4.68 Å². The summed E-state index contributed by atoms with van der Waals surface area (Å²) in [7, 11) is 0. The first-order valence-electron chi connectivity index (χ1n) is 3.76. The summed E-state index contributed by atoms with van der Waals surface area (Å²) in [5.41, 5.74) is -0.146. The molecule has 0 N–H and O–H groups in total. The van der Waals surface area contributed by atoms with Gasteiger partial charge in [-0.2, -0.15) is 13.9 Å². The van der Waals surface area contributed by atoms with Crippen LogP contribution in [0.1, 0.15) is 24.0 Å². The van der Waals surface area contributed by atoms with Gasteiger partial charge in [-0.3, -0.25) is 0 Å². The van der Waals surface area contributed by atoms with Gasteiger partial charge in [0.2, 0.25) is 0 Å². The molecular weight excluding hydrogens is 262 g/mol. The molecule has 0 amide bonds. The highest BCUT2D eigenvalue weighted by Gasteiger charge is 2.19. The lowest BCUT2D eigenvalue weighted by Gasteiger charge is -1.98. The van der Waals surface area contributed by atoms with Gasteiger partial charge in [0.05, 0.1) is 11.1 Å². The molecule has 7 heteroatoms. The highest BCUT2D eigenvalue weighted by atomic mass is 79.9. The molecule has 0 saturated heterocycles. The molecule has 1 heterocycles. The number of halogens is 3. The molecule has 4 nitrogen and oxygen atoms in total. The van der Waals surface area contributed by atoms with Crippen LogP contribution in [0, 0.1) is 0 Å². The smallest absolute Gasteiger partial charge is 0.360 e. The normalized spacial score (nSPS) is 10.6. The molecule has 78 valence electrons. The summed E-state index contributed by atoms with van der Waals surface area (Å²) >= 11 is 2.94. The molecule has 0 unspecified atom stereocenters. The second-order valence-electron chi connectivity index (χ2n) is 2.30. The summed E-state index contributed by atoms with van der Waals surface area (Å²) in [6, 6.07) is 0. The van der Waals surface area contributed by atoms with E-state index >= 15 is 0 Å². The fourth-order valence-corrected chi connectivity index (χ4v) is 1.26. The van der Waals surface area contributed by atoms with Crippen LogP contribution in [0.5, 0.6) is 0 Å². The molecule has 0 aliphatic heterocycles. The Morgan fingerprint density at radius 1 is 1.79 bits per heavy atom. The number of rotatable bonds is 3. The molecule has 0 radical (unpaired) electrons. The number of carbonyl (C=O) groups is 1. The van der Waals surface area contributed by atoms with E-state index in [-0.39, 0.29) is 16.8 Å². The lowest BCUT2D eigenvalue weighted by atomic mass is 10.4. The van der Waals surface area contributed by atoms with Crippen LogP contribution < -0.4 is 0 Å². The Morgan fingerprint density at radius 3 is 2.86 bits per heavy atom. The second-order valence-corrected chi connectivity index (χ2v) is 3.16. The first-order chi connectivity index (χ1) is 6.56. The molecule has 0 aliphatic rings. The predicted octanol–water partition coefficient (Wildman–Crippen LogP) is 2.22. The topological polar surface area (TPSA) is 44.1 Å². The van der Waals surface area contributed by atoms with Gasteiger partial charge in [-0.05, 0) is 22.9 Å². The van der Waals surface area contributed by atoms with Crippen LogP contribution in [0.25, 0.3) is 0 Å². The molecule has 0 saturated carbocycles. The maximum Gasteiger partial charge on any atom is 0.360 e. The van der Waals surface area contributed by atoms with Crippen LogP contribution >= 0.6 is 15.9 Å². The molecule has 0 aliphatic carbocycles. The van der Waals surface area contributed by atoms with Gasteiger partial charge in [-0.15, -0.1) is 0 Å². The van der Waals surface area contributed by atoms with Crippen molar-refractivity contribution in [2.75, 3.05) is 6.61 Å². The van der Waals surface area contributed by atoms with Gasteiger partial charge in [-0.25, -0.2) is 9.48 Å². The van der Waals surface area contributed by atoms with Crippen LogP contribution in [0.2, 0.25) is 0 Å². The van der Waals surface area contributed by atoms with Crippen molar-refractivity contribution >= 4 is 21.9 Å². The average molecular weight is 269 g/mol. The van der Waals surface area contributed by atoms with Crippen molar-refractivity contribution in [1.82, 2.24) is 9.78 Å². The maximum atomic E-state index is 12.1. The first-order valence-corrected chi connectivity index (χ1v) is 4.55. The van der Waals surface area contributed by atoms with E-state index in [1.807, 2.05) is 0 Å². The predicted molar refractivity (Wildman–Crippen MR) is 47.1 cm³/mol. The van der Waals surface area contributed by atoms with Crippen molar-refractivity contribution in [1.29, 1.82) is 0 Å². The highest BCUT2D eigenvalue weighted by Crippen LogP contribution is 2.19. The fourth-order valence-electron chi connectivity index (χ4n) is 0.807. The Kier molecular flexibility index (Phi) is 3.56. The number of nitrogens with zero attached hydrogens (tertiary/aromatic N) is 2. The number of carbonyl (C=O) groups excluding carboxylic acids is 1. The Bertz CT molecular complexity index is 340. The Balaban J connectivity index is 2.92. The van der Waals surface area contributed by atoms with Crippen molar-refractivity contribution in [2.24, 2.45) is 0 Å². The minimum atomic E-state index is -2.77. The minimum absolute atomic E-state index is 0.146. The standard InChI is InChI=1S/C7H7BrF2N2O2/c1-2-14-6(13)5-4(8)3-12(11-5)7(9)10/h3,7H,2H2,1H3. The number of hydrogen-bond donors (Lipinski definition) is 0. The lowest BCUT2D eigenvalue weighted by molar-refractivity contribution is 0.0480. The van der Waals surface area contributed by atoms with Gasteiger partial charge < -0.3 is 4.74 Å². The molecule has 1 rings (SSSR count). The van der Waals surface area contributed by atoms with Crippen LogP contribution in [-0.2, 0) is 4.74 Å². The largest absolute Gasteiger partial charge is 0.461 e. The van der Waals surface area contributed by atoms with Crippen LogP contribution in [0.4, 0.5) is 8.78 Å². The highest BCUT2D eigenvalue weighted by molar-refractivity contribution is 9.10. The van der Waals surface area contributed by atoms with Crippen LogP contribution in [-0.4, -0.2) is 22.4 Å². The first kappa shape index (κ1) is 11.1. The number of esters is 1. The number of hydrogen-bond acceptors (Lipinski definition) is 3. The molecule has 0 aromatic carbocycles. The molecule has 0 bridgehead atoms. The van der Waals surface area contributed by atoms with Gasteiger partial charge in [-0.1, -0.05) is 0 Å². The maximum absolute atomic E-state index is 12.1. The van der Waals surface area contributed by atoms with Crippen LogP contribution in [0.3, 0.4) is 0 Å². The third kappa shape index (κ3) is 2.28. The van der Waals surface area contributed by atoms with E-state index in [1.54, 1.807) is 6.92 Å². The molecular formula is C7H7BrF2N2O2. The third-order valence-corrected chi connectivity index (χ3v) is 1.94. The average Bonchev–Trinajstić information content (AvgIpc) is 2.48. The molecule has 0 fully saturated rings. The minimum Gasteiger partial charge on any atom is -0.461 e. The summed E-state index contributed by atoms with van der Waals surface area (Å²) in [5, 5.41) is 3.37. The van der Waals surface area contributed by atoms with Gasteiger partial charge in [0, 0.05) is 6.20 Å². The lowest BCUT2D eigenvalue weighted by Crippen LogP contribution is -2.07. The zero-order valence-electron chi connectivity index (χ0n) is 7.21. The quantitative estimate of drug-likeness (QED) is 0.790. The zero-order valence-corrected chi connectivity index (χ0v) is 8.79. The fraction of sp³-hybridized carbons (Fsp3) is 0.429. The monoisotopic (exact) mass is 268 g/mol. The SMILES string of the molecule is CCOC(=O)c1nn(C(F)F)cc1Br. The van der Waals surface area contributed by atoms with Crippen molar-refractivity contribution in [2.45, 2.75) is 13.5 Å². The second kappa shape index (κ2) is 4.50. The Morgan fingerprint density at radius 2 is 2.43 bits per heavy atom. The number of ether oxygens (including phenoxy) is 1. The summed E-state index contributed by atoms with van der Waals surface area (Å²) < 4.78 is 29.5. The van der Waals surface area contributed by atoms with Crippen molar-refractivity contribution < 1.29 is 18.3 Å². The summed E-state index contributed by atoms with van der Waals surface area (Å²) in [5.74, 6) is -0.723. The van der Waals surface area contributed by atoms with E-state index in [2.05, 4.69) is 25.8 Å². The summed E-state index contributed by atoms with van der Waals surface area (Å²) in [6.45, 7) is -0.975. The van der Waals surface area contributed by atoms with Gasteiger partial charge in [0.15, 0.2) is 5.69 Å². The molecule has 1 aromatic rings.